The van der Waals surface area contributed by atoms with Gasteiger partial charge in [-0.3, -0.25) is 14.2 Å². The molecule has 4 rings (SSSR count). The number of hydrogen-bond acceptors (Lipinski definition) is 7. The van der Waals surface area contributed by atoms with E-state index >= 15 is 0 Å². The van der Waals surface area contributed by atoms with E-state index in [4.69, 9.17) is 20.9 Å². The van der Waals surface area contributed by atoms with Gasteiger partial charge >= 0.3 is 0 Å². The number of hydrogen-bond donors (Lipinski definition) is 1. The van der Waals surface area contributed by atoms with E-state index < -0.39 is 23.3 Å². The quantitative estimate of drug-likeness (QED) is 0.394. The molecule has 0 aliphatic heterocycles. The monoisotopic (exact) mass is 503 g/mol. The molecule has 2 aromatic carbocycles. The summed E-state index contributed by atoms with van der Waals surface area (Å²) in [5.41, 5.74) is 1.63. The predicted octanol–water partition coefficient (Wildman–Crippen LogP) is 4.49. The van der Waals surface area contributed by atoms with E-state index in [2.05, 4.69) is 21.5 Å². The highest BCUT2D eigenvalue weighted by Gasteiger charge is 2.31. The lowest BCUT2D eigenvalue weighted by Crippen LogP contribution is -2.31. The molecule has 0 saturated heterocycles. The first-order valence-electron chi connectivity index (χ1n) is 11.0. The second kappa shape index (κ2) is 10.5. The number of halogens is 1. The van der Waals surface area contributed by atoms with Crippen molar-refractivity contribution in [3.8, 4) is 11.8 Å². The van der Waals surface area contributed by atoms with Gasteiger partial charge in [0.15, 0.2) is 5.69 Å². The van der Waals surface area contributed by atoms with Crippen LogP contribution in [0.25, 0.3) is 0 Å². The molecule has 2 unspecified atom stereocenters. The van der Waals surface area contributed by atoms with Gasteiger partial charge in [0.2, 0.25) is 5.75 Å². The third kappa shape index (κ3) is 4.72. The van der Waals surface area contributed by atoms with Gasteiger partial charge in [0, 0.05) is 23.9 Å². The fraction of sp³-hybridized carbons (Fsp3) is 0.192. The molecule has 36 heavy (non-hydrogen) atoms. The molecular weight excluding hydrogens is 482 g/mol. The molecule has 0 fully saturated rings. The van der Waals surface area contributed by atoms with Crippen LogP contribution in [0.1, 0.15) is 51.8 Å². The Balaban J connectivity index is 1.90. The van der Waals surface area contributed by atoms with Gasteiger partial charge in [-0.05, 0) is 29.3 Å². The maximum atomic E-state index is 13.2. The van der Waals surface area contributed by atoms with Crippen molar-refractivity contribution in [2.24, 2.45) is 7.05 Å². The molecule has 0 bridgehead atoms. The Morgan fingerprint density at radius 1 is 1.25 bits per heavy atom. The molecule has 0 aliphatic carbocycles. The van der Waals surface area contributed by atoms with Gasteiger partial charge in [-0.25, -0.2) is 4.98 Å². The Kier molecular flexibility index (Phi) is 7.17. The Morgan fingerprint density at radius 2 is 2.00 bits per heavy atom. The van der Waals surface area contributed by atoms with E-state index in [0.717, 1.165) is 5.56 Å². The molecule has 10 heteroatoms. The van der Waals surface area contributed by atoms with Crippen molar-refractivity contribution in [2.45, 2.75) is 18.8 Å². The van der Waals surface area contributed by atoms with Crippen molar-refractivity contribution < 1.29 is 14.1 Å². The van der Waals surface area contributed by atoms with E-state index in [1.54, 1.807) is 25.2 Å². The van der Waals surface area contributed by atoms with E-state index in [9.17, 15) is 14.9 Å². The number of aromatic nitrogens is 3. The first-order chi connectivity index (χ1) is 17.3. The molecule has 2 aromatic heterocycles. The lowest BCUT2D eigenvalue weighted by Gasteiger charge is -2.27. The smallest absolute Gasteiger partial charge is 0.296 e. The number of carbonyl (C=O) groups is 1. The molecule has 1 N–H and O–H groups in total. The molecule has 0 aliphatic rings. The molecule has 2 heterocycles. The highest BCUT2D eigenvalue weighted by Crippen LogP contribution is 2.40. The van der Waals surface area contributed by atoms with Crippen LogP contribution in [0.3, 0.4) is 0 Å². The van der Waals surface area contributed by atoms with Crippen LogP contribution in [-0.2, 0) is 7.05 Å². The standard InChI is InChI=1S/C26H22ClN5O4/c1-15(21(16-7-5-4-6-8-16)20-11-18(27)10-9-17(20)12-28)24-31-22(23(35-3)26(34)32(24)2)25(33)30-19-13-29-36-14-19/h4-11,13-15,21H,1-3H3,(H,30,33). The van der Waals surface area contributed by atoms with Gasteiger partial charge in [-0.1, -0.05) is 54.0 Å². The molecule has 9 nitrogen and oxygen atoms in total. The second-order valence-electron chi connectivity index (χ2n) is 8.10. The van der Waals surface area contributed by atoms with E-state index in [1.807, 2.05) is 37.3 Å². The summed E-state index contributed by atoms with van der Waals surface area (Å²) in [6.45, 7) is 1.88. The third-order valence-electron chi connectivity index (χ3n) is 5.93. The number of carbonyl (C=O) groups excluding carboxylic acids is 1. The summed E-state index contributed by atoms with van der Waals surface area (Å²) in [5, 5.41) is 16.4. The highest BCUT2D eigenvalue weighted by atomic mass is 35.5. The molecule has 1 amide bonds. The van der Waals surface area contributed by atoms with Crippen LogP contribution < -0.4 is 15.6 Å². The first-order valence-corrected chi connectivity index (χ1v) is 11.3. The van der Waals surface area contributed by atoms with Crippen LogP contribution >= 0.6 is 11.6 Å². The van der Waals surface area contributed by atoms with Crippen molar-refractivity contribution in [2.75, 3.05) is 12.4 Å². The van der Waals surface area contributed by atoms with E-state index in [0.29, 0.717) is 27.7 Å². The van der Waals surface area contributed by atoms with Gasteiger partial charge < -0.3 is 14.6 Å². The maximum Gasteiger partial charge on any atom is 0.296 e. The average Bonchev–Trinajstić information content (AvgIpc) is 3.39. The summed E-state index contributed by atoms with van der Waals surface area (Å²) in [6, 6.07) is 16.8. The molecule has 0 radical (unpaired) electrons. The fourth-order valence-electron chi connectivity index (χ4n) is 4.24. The summed E-state index contributed by atoms with van der Waals surface area (Å²) < 4.78 is 11.4. The molecule has 4 aromatic rings. The van der Waals surface area contributed by atoms with Gasteiger partial charge in [0.05, 0.1) is 24.9 Å². The van der Waals surface area contributed by atoms with E-state index in [1.165, 1.54) is 24.1 Å². The highest BCUT2D eigenvalue weighted by molar-refractivity contribution is 6.30. The minimum atomic E-state index is -0.655. The molecular formula is C26H22ClN5O4. The normalized spacial score (nSPS) is 12.4. The SMILES string of the molecule is COc1c(C(=O)Nc2cnoc2)nc(C(C)C(c2ccccc2)c2cc(Cl)ccc2C#N)n(C)c1=O. The first kappa shape index (κ1) is 24.7. The average molecular weight is 504 g/mol. The van der Waals surface area contributed by atoms with Crippen LogP contribution in [0.2, 0.25) is 5.02 Å². The van der Waals surface area contributed by atoms with Crippen molar-refractivity contribution in [1.82, 2.24) is 14.7 Å². The summed E-state index contributed by atoms with van der Waals surface area (Å²) in [7, 11) is 2.87. The lowest BCUT2D eigenvalue weighted by molar-refractivity contribution is 0.101. The summed E-state index contributed by atoms with van der Waals surface area (Å²) in [5.74, 6) is -1.38. The largest absolute Gasteiger partial charge is 0.489 e. The number of benzene rings is 2. The zero-order valence-corrected chi connectivity index (χ0v) is 20.5. The molecule has 2 atom stereocenters. The van der Waals surface area contributed by atoms with E-state index in [-0.39, 0.29) is 11.4 Å². The number of amides is 1. The van der Waals surface area contributed by atoms with Crippen LogP contribution in [-0.4, -0.2) is 27.7 Å². The Morgan fingerprint density at radius 3 is 2.64 bits per heavy atom. The summed E-state index contributed by atoms with van der Waals surface area (Å²) in [4.78, 5) is 30.9. The minimum absolute atomic E-state index is 0.179. The number of nitriles is 1. The van der Waals surface area contributed by atoms with Crippen LogP contribution in [0.15, 0.2) is 70.3 Å². The zero-order valence-electron chi connectivity index (χ0n) is 19.7. The van der Waals surface area contributed by atoms with Crippen molar-refractivity contribution in [1.29, 1.82) is 5.26 Å². The number of anilines is 1. The lowest BCUT2D eigenvalue weighted by atomic mass is 9.79. The van der Waals surface area contributed by atoms with Crippen molar-refractivity contribution >= 4 is 23.2 Å². The van der Waals surface area contributed by atoms with Crippen LogP contribution in [0, 0.1) is 11.3 Å². The van der Waals surface area contributed by atoms with Crippen molar-refractivity contribution in [3.05, 3.63) is 105 Å². The second-order valence-corrected chi connectivity index (χ2v) is 8.54. The minimum Gasteiger partial charge on any atom is -0.489 e. The Hall–Kier alpha value is -4.42. The molecule has 0 saturated carbocycles. The fourth-order valence-corrected chi connectivity index (χ4v) is 4.42. The molecule has 0 spiro atoms. The summed E-state index contributed by atoms with van der Waals surface area (Å²) >= 11 is 6.32. The van der Waals surface area contributed by atoms with Gasteiger partial charge in [-0.15, -0.1) is 0 Å². The number of rotatable bonds is 7. The Bertz CT molecular complexity index is 1490. The number of nitrogens with one attached hydrogen (secondary N) is 1. The van der Waals surface area contributed by atoms with Crippen LogP contribution in [0.4, 0.5) is 5.69 Å². The number of ether oxygens (including phenoxy) is 1. The third-order valence-corrected chi connectivity index (χ3v) is 6.16. The zero-order chi connectivity index (χ0) is 25.8. The predicted molar refractivity (Wildman–Crippen MR) is 133 cm³/mol. The maximum absolute atomic E-state index is 13.2. The number of nitrogens with zero attached hydrogens (tertiary/aromatic N) is 4. The topological polar surface area (TPSA) is 123 Å². The number of methoxy groups -OCH3 is 1. The van der Waals surface area contributed by atoms with Crippen LogP contribution in [0.5, 0.6) is 5.75 Å². The molecule has 182 valence electrons. The van der Waals surface area contributed by atoms with Gasteiger partial charge in [0.1, 0.15) is 17.8 Å². The van der Waals surface area contributed by atoms with Gasteiger partial charge in [0.25, 0.3) is 11.5 Å². The summed E-state index contributed by atoms with van der Waals surface area (Å²) in [6.07, 6.45) is 2.58. The Labute approximate surface area is 211 Å². The van der Waals surface area contributed by atoms with Crippen molar-refractivity contribution in [3.63, 3.8) is 0 Å². The van der Waals surface area contributed by atoms with Gasteiger partial charge in [-0.2, -0.15) is 5.26 Å².